The molecular weight excluding hydrogens is 488 g/mol. The Balaban J connectivity index is 1.50. The molecule has 10 heteroatoms. The lowest BCUT2D eigenvalue weighted by atomic mass is 9.82. The van der Waals surface area contributed by atoms with Gasteiger partial charge in [0.05, 0.1) is 31.6 Å². The third kappa shape index (κ3) is 5.66. The van der Waals surface area contributed by atoms with Crippen LogP contribution in [0, 0.1) is 0 Å². The minimum Gasteiger partial charge on any atom is -0.495 e. The molecule has 1 aliphatic carbocycles. The average molecular weight is 517 g/mol. The molecule has 0 spiro atoms. The summed E-state index contributed by atoms with van der Waals surface area (Å²) in [5.41, 5.74) is 2.57. The number of hydrogen-bond acceptors (Lipinski definition) is 8. The number of aromatic nitrogens is 1. The maximum absolute atomic E-state index is 13.0. The molecule has 1 saturated carbocycles. The molecule has 2 unspecified atom stereocenters. The quantitative estimate of drug-likeness (QED) is 0.417. The normalized spacial score (nSPS) is 18.1. The number of anilines is 1. The Morgan fingerprint density at radius 1 is 1.09 bits per heavy atom. The number of carbonyl (C=O) groups is 1. The summed E-state index contributed by atoms with van der Waals surface area (Å²) in [4.78, 5) is 16.1. The van der Waals surface area contributed by atoms with Gasteiger partial charge in [-0.25, -0.2) is 9.78 Å². The predicted octanol–water partition coefficient (Wildman–Crippen LogP) is 5.08. The molecule has 8 nitrogen and oxygen atoms in total. The Hall–Kier alpha value is -2.95. The van der Waals surface area contributed by atoms with E-state index in [-0.39, 0.29) is 22.0 Å². The van der Waals surface area contributed by atoms with E-state index in [4.69, 9.17) is 14.2 Å². The van der Waals surface area contributed by atoms with E-state index in [9.17, 15) is 13.2 Å². The molecule has 3 aromatic rings. The number of hydrogen-bond donors (Lipinski definition) is 1. The lowest BCUT2D eigenvalue weighted by Gasteiger charge is -2.28. The molecule has 1 fully saturated rings. The largest absolute Gasteiger partial charge is 0.495 e. The second-order valence-electron chi connectivity index (χ2n) is 8.35. The Labute approximate surface area is 209 Å². The molecule has 35 heavy (non-hydrogen) atoms. The molecule has 2 atom stereocenters. The van der Waals surface area contributed by atoms with E-state index >= 15 is 0 Å². The van der Waals surface area contributed by atoms with Gasteiger partial charge in [0, 0.05) is 18.1 Å². The Morgan fingerprint density at radius 2 is 1.86 bits per heavy atom. The van der Waals surface area contributed by atoms with Crippen molar-refractivity contribution < 1.29 is 27.4 Å². The first-order valence-corrected chi connectivity index (χ1v) is 13.6. The summed E-state index contributed by atoms with van der Waals surface area (Å²) in [6, 6.07) is 12.5. The Bertz CT molecular complexity index is 1290. The van der Waals surface area contributed by atoms with Crippen molar-refractivity contribution in [3.05, 3.63) is 59.0 Å². The number of ether oxygens (including phenoxy) is 3. The SMILES string of the molecule is COC(=O)c1ccc(NS(=O)(=O)c2csc(-c3ccc(C4CCCC(OC)C4)cc3)n2)c(OC)c1. The highest BCUT2D eigenvalue weighted by molar-refractivity contribution is 7.92. The van der Waals surface area contributed by atoms with Gasteiger partial charge in [-0.3, -0.25) is 4.72 Å². The zero-order valence-corrected chi connectivity index (χ0v) is 21.4. The molecule has 0 radical (unpaired) electrons. The van der Waals surface area contributed by atoms with E-state index in [1.807, 2.05) is 12.1 Å². The summed E-state index contributed by atoms with van der Waals surface area (Å²) in [6.45, 7) is 0. The number of methoxy groups -OCH3 is 3. The van der Waals surface area contributed by atoms with Gasteiger partial charge in [-0.1, -0.05) is 30.7 Å². The number of rotatable bonds is 8. The van der Waals surface area contributed by atoms with Crippen LogP contribution < -0.4 is 9.46 Å². The van der Waals surface area contributed by atoms with Crippen molar-refractivity contribution in [1.29, 1.82) is 0 Å². The van der Waals surface area contributed by atoms with Crippen molar-refractivity contribution in [2.45, 2.75) is 42.7 Å². The van der Waals surface area contributed by atoms with E-state index in [1.54, 1.807) is 7.11 Å². The average Bonchev–Trinajstić information content (AvgIpc) is 3.40. The molecule has 0 aliphatic heterocycles. The fourth-order valence-electron chi connectivity index (χ4n) is 4.29. The molecule has 1 N–H and O–H groups in total. The van der Waals surface area contributed by atoms with Crippen LogP contribution in [0.3, 0.4) is 0 Å². The van der Waals surface area contributed by atoms with Crippen LogP contribution in [-0.4, -0.2) is 46.8 Å². The van der Waals surface area contributed by atoms with Gasteiger partial charge in [0.25, 0.3) is 10.0 Å². The third-order valence-electron chi connectivity index (χ3n) is 6.21. The summed E-state index contributed by atoms with van der Waals surface area (Å²) in [6.07, 6.45) is 4.74. The summed E-state index contributed by atoms with van der Waals surface area (Å²) in [7, 11) is 0.463. The highest BCUT2D eigenvalue weighted by Crippen LogP contribution is 2.36. The molecule has 1 heterocycles. The van der Waals surface area contributed by atoms with Gasteiger partial charge in [0.15, 0.2) is 5.03 Å². The van der Waals surface area contributed by atoms with Crippen molar-refractivity contribution in [3.8, 4) is 16.3 Å². The van der Waals surface area contributed by atoms with Crippen molar-refractivity contribution >= 4 is 33.0 Å². The van der Waals surface area contributed by atoms with Crippen LogP contribution in [0.4, 0.5) is 5.69 Å². The number of nitrogens with one attached hydrogen (secondary N) is 1. The lowest BCUT2D eigenvalue weighted by molar-refractivity contribution is 0.0600. The zero-order chi connectivity index (χ0) is 25.0. The Morgan fingerprint density at radius 3 is 2.54 bits per heavy atom. The van der Waals surface area contributed by atoms with E-state index in [1.165, 1.54) is 54.7 Å². The molecule has 0 amide bonds. The first-order valence-electron chi connectivity index (χ1n) is 11.2. The first-order chi connectivity index (χ1) is 16.8. The molecular formula is C25H28N2O6S2. The van der Waals surface area contributed by atoms with Gasteiger partial charge in [0.2, 0.25) is 0 Å². The predicted molar refractivity (Wildman–Crippen MR) is 135 cm³/mol. The molecule has 0 saturated heterocycles. The van der Waals surface area contributed by atoms with Gasteiger partial charge in [0.1, 0.15) is 10.8 Å². The minimum absolute atomic E-state index is 0.0871. The standard InChI is InChI=1S/C25H28N2O6S2/c1-31-20-6-4-5-18(13-20)16-7-9-17(10-8-16)24-26-23(15-34-24)35(29,30)27-21-12-11-19(25(28)33-3)14-22(21)32-2/h7-12,14-15,18,20,27H,4-6,13H2,1-3H3. The number of benzene rings is 2. The number of esters is 1. The van der Waals surface area contributed by atoms with Crippen molar-refractivity contribution in [1.82, 2.24) is 4.98 Å². The van der Waals surface area contributed by atoms with Crippen LogP contribution in [0.2, 0.25) is 0 Å². The van der Waals surface area contributed by atoms with Gasteiger partial charge >= 0.3 is 5.97 Å². The van der Waals surface area contributed by atoms with E-state index < -0.39 is 16.0 Å². The van der Waals surface area contributed by atoms with Gasteiger partial charge < -0.3 is 14.2 Å². The van der Waals surface area contributed by atoms with E-state index in [2.05, 4.69) is 21.8 Å². The van der Waals surface area contributed by atoms with Crippen molar-refractivity contribution in [2.24, 2.45) is 0 Å². The summed E-state index contributed by atoms with van der Waals surface area (Å²) < 4.78 is 44.0. The van der Waals surface area contributed by atoms with Crippen molar-refractivity contribution in [3.63, 3.8) is 0 Å². The molecule has 186 valence electrons. The topological polar surface area (TPSA) is 104 Å². The van der Waals surface area contributed by atoms with Crippen molar-refractivity contribution in [2.75, 3.05) is 26.1 Å². The molecule has 1 aromatic heterocycles. The van der Waals surface area contributed by atoms with Crippen LogP contribution in [-0.2, 0) is 19.5 Å². The fourth-order valence-corrected chi connectivity index (χ4v) is 6.46. The molecule has 1 aliphatic rings. The van der Waals surface area contributed by atoms with Crippen LogP contribution in [0.5, 0.6) is 5.75 Å². The molecule has 2 aromatic carbocycles. The highest BCUT2D eigenvalue weighted by Gasteiger charge is 2.24. The second-order valence-corrected chi connectivity index (χ2v) is 10.8. The van der Waals surface area contributed by atoms with Gasteiger partial charge in [-0.05, 0) is 48.9 Å². The zero-order valence-electron chi connectivity index (χ0n) is 19.8. The molecule has 0 bridgehead atoms. The number of thiazole rings is 1. The Kier molecular flexibility index (Phi) is 7.73. The maximum Gasteiger partial charge on any atom is 0.337 e. The summed E-state index contributed by atoms with van der Waals surface area (Å²) in [5, 5.41) is 2.03. The minimum atomic E-state index is -3.97. The number of carbonyl (C=O) groups excluding carboxylic acids is 1. The van der Waals surface area contributed by atoms with Crippen LogP contribution in [0.25, 0.3) is 10.6 Å². The van der Waals surface area contributed by atoms with E-state index in [0.717, 1.165) is 31.2 Å². The molecule has 4 rings (SSSR count). The highest BCUT2D eigenvalue weighted by atomic mass is 32.2. The third-order valence-corrected chi connectivity index (χ3v) is 8.50. The lowest BCUT2D eigenvalue weighted by Crippen LogP contribution is -2.20. The maximum atomic E-state index is 13.0. The van der Waals surface area contributed by atoms with Crippen LogP contribution >= 0.6 is 11.3 Å². The smallest absolute Gasteiger partial charge is 0.337 e. The van der Waals surface area contributed by atoms with Gasteiger partial charge in [-0.2, -0.15) is 8.42 Å². The fraction of sp³-hybridized carbons (Fsp3) is 0.360. The second kappa shape index (κ2) is 10.8. The number of sulfonamides is 1. The van der Waals surface area contributed by atoms with Crippen LogP contribution in [0.1, 0.15) is 47.5 Å². The first kappa shape index (κ1) is 25.2. The van der Waals surface area contributed by atoms with Crippen LogP contribution in [0.15, 0.2) is 52.9 Å². The van der Waals surface area contributed by atoms with Gasteiger partial charge in [-0.15, -0.1) is 11.3 Å². The monoisotopic (exact) mass is 516 g/mol. The number of nitrogens with zero attached hydrogens (tertiary/aromatic N) is 1. The van der Waals surface area contributed by atoms with E-state index in [0.29, 0.717) is 17.0 Å². The summed E-state index contributed by atoms with van der Waals surface area (Å²) >= 11 is 1.26. The summed E-state index contributed by atoms with van der Waals surface area (Å²) in [5.74, 6) is 0.121.